The lowest BCUT2D eigenvalue weighted by atomic mass is 10.1. The van der Waals surface area contributed by atoms with Crippen molar-refractivity contribution in [1.29, 1.82) is 0 Å². The van der Waals surface area contributed by atoms with Crippen molar-refractivity contribution < 1.29 is 4.39 Å². The van der Waals surface area contributed by atoms with Crippen molar-refractivity contribution in [2.24, 2.45) is 0 Å². The van der Waals surface area contributed by atoms with Crippen LogP contribution in [0.4, 0.5) is 4.39 Å². The maximum absolute atomic E-state index is 13.1. The third kappa shape index (κ3) is 5.83. The van der Waals surface area contributed by atoms with Crippen molar-refractivity contribution in [2.45, 2.75) is 46.0 Å². The van der Waals surface area contributed by atoms with Crippen LogP contribution in [0, 0.1) is 12.7 Å². The second kappa shape index (κ2) is 10.3. The minimum absolute atomic E-state index is 0.209. The number of benzene rings is 1. The molecule has 1 aromatic heterocycles. The third-order valence-electron chi connectivity index (χ3n) is 5.25. The molecule has 0 N–H and O–H groups in total. The van der Waals surface area contributed by atoms with Crippen LogP contribution in [0.5, 0.6) is 0 Å². The fourth-order valence-electron chi connectivity index (χ4n) is 3.67. The molecule has 0 saturated carbocycles. The molecular formula is C24H30FN3. The van der Waals surface area contributed by atoms with Gasteiger partial charge in [-0.15, -0.1) is 0 Å². The van der Waals surface area contributed by atoms with Crippen LogP contribution in [0.2, 0.25) is 0 Å². The van der Waals surface area contributed by atoms with E-state index >= 15 is 0 Å². The van der Waals surface area contributed by atoms with Crippen LogP contribution >= 0.6 is 0 Å². The van der Waals surface area contributed by atoms with Gasteiger partial charge in [0.1, 0.15) is 11.6 Å². The topological polar surface area (TPSA) is 29.0 Å². The van der Waals surface area contributed by atoms with E-state index in [1.807, 2.05) is 12.1 Å². The van der Waals surface area contributed by atoms with E-state index in [-0.39, 0.29) is 5.82 Å². The van der Waals surface area contributed by atoms with E-state index in [1.54, 1.807) is 0 Å². The minimum atomic E-state index is -0.209. The van der Waals surface area contributed by atoms with Gasteiger partial charge in [-0.05, 0) is 56.4 Å². The molecule has 1 aromatic carbocycles. The number of aromatic nitrogens is 2. The number of hydrogen-bond acceptors (Lipinski definition) is 3. The predicted octanol–water partition coefficient (Wildman–Crippen LogP) is 4.83. The van der Waals surface area contributed by atoms with Crippen LogP contribution in [0.15, 0.2) is 48.6 Å². The Labute approximate surface area is 168 Å². The van der Waals surface area contributed by atoms with Gasteiger partial charge in [0.15, 0.2) is 0 Å². The fraction of sp³-hybridized carbons (Fsp3) is 0.417. The molecule has 0 spiro atoms. The lowest BCUT2D eigenvalue weighted by Crippen LogP contribution is -2.27. The summed E-state index contributed by atoms with van der Waals surface area (Å²) < 4.78 is 13.1. The van der Waals surface area contributed by atoms with E-state index in [9.17, 15) is 4.39 Å². The Balaban J connectivity index is 1.60. The quantitative estimate of drug-likeness (QED) is 0.645. The molecule has 2 heterocycles. The smallest absolute Gasteiger partial charge is 0.133 e. The minimum Gasteiger partial charge on any atom is -0.302 e. The Morgan fingerprint density at radius 2 is 1.82 bits per heavy atom. The highest BCUT2D eigenvalue weighted by atomic mass is 19.1. The maximum atomic E-state index is 13.1. The first-order valence-corrected chi connectivity index (χ1v) is 10.2. The Kier molecular flexibility index (Phi) is 7.49. The number of fused-ring (bicyclic) bond motifs is 1. The van der Waals surface area contributed by atoms with E-state index in [0.29, 0.717) is 6.42 Å². The van der Waals surface area contributed by atoms with E-state index in [2.05, 4.69) is 43.1 Å². The second-order valence-corrected chi connectivity index (χ2v) is 7.36. The highest BCUT2D eigenvalue weighted by Gasteiger charge is 2.18. The van der Waals surface area contributed by atoms with Crippen molar-refractivity contribution in [3.05, 3.63) is 82.7 Å². The molecule has 0 bridgehead atoms. The summed E-state index contributed by atoms with van der Waals surface area (Å²) in [5.74, 6) is 0.628. The van der Waals surface area contributed by atoms with Crippen LogP contribution in [0.3, 0.4) is 0 Å². The molecular weight excluding hydrogens is 349 g/mol. The number of nitrogens with zero attached hydrogens (tertiary/aromatic N) is 3. The van der Waals surface area contributed by atoms with Crippen molar-refractivity contribution >= 4 is 0 Å². The number of hydrogen-bond donors (Lipinski definition) is 0. The summed E-state index contributed by atoms with van der Waals surface area (Å²) in [7, 11) is 0. The molecule has 0 radical (unpaired) electrons. The summed E-state index contributed by atoms with van der Waals surface area (Å²) in [5.41, 5.74) is 4.64. The number of halogens is 1. The molecule has 28 heavy (non-hydrogen) atoms. The van der Waals surface area contributed by atoms with E-state index < -0.39 is 0 Å². The lowest BCUT2D eigenvalue weighted by Gasteiger charge is -2.18. The molecule has 2 aromatic rings. The molecule has 0 aliphatic carbocycles. The first-order valence-electron chi connectivity index (χ1n) is 10.2. The highest BCUT2D eigenvalue weighted by Crippen LogP contribution is 2.19. The Hall–Kier alpha value is -2.33. The summed E-state index contributed by atoms with van der Waals surface area (Å²) in [5, 5.41) is 0. The van der Waals surface area contributed by atoms with Gasteiger partial charge in [0.25, 0.3) is 0 Å². The summed E-state index contributed by atoms with van der Waals surface area (Å²) in [6.07, 6.45) is 13.5. The standard InChI is InChI=1S/C24H30FN3/c1-3-4-5-6-7-8-15-28-16-13-22-19(2)26-24(27-23(22)14-17-28)18-20-9-11-21(25)12-10-20/h3-4,6-7,9-12H,5,8,13-18H2,1-2H3/b4-3-,7-6-. The van der Waals surface area contributed by atoms with E-state index in [1.165, 1.54) is 23.4 Å². The monoisotopic (exact) mass is 379 g/mol. The Bertz CT molecular complexity index is 824. The molecule has 0 fully saturated rings. The van der Waals surface area contributed by atoms with E-state index in [4.69, 9.17) is 9.97 Å². The first kappa shape index (κ1) is 20.4. The Morgan fingerprint density at radius 3 is 2.61 bits per heavy atom. The average Bonchev–Trinajstić information content (AvgIpc) is 2.89. The van der Waals surface area contributed by atoms with Crippen LogP contribution in [-0.2, 0) is 19.3 Å². The fourth-order valence-corrected chi connectivity index (χ4v) is 3.67. The maximum Gasteiger partial charge on any atom is 0.133 e. The summed E-state index contributed by atoms with van der Waals surface area (Å²) in [6.45, 7) is 7.35. The van der Waals surface area contributed by atoms with Crippen LogP contribution in [0.25, 0.3) is 0 Å². The van der Waals surface area contributed by atoms with Crippen LogP contribution in [0.1, 0.15) is 48.1 Å². The zero-order chi connectivity index (χ0) is 19.8. The lowest BCUT2D eigenvalue weighted by molar-refractivity contribution is 0.292. The molecule has 1 aliphatic rings. The highest BCUT2D eigenvalue weighted by molar-refractivity contribution is 5.29. The molecule has 0 unspecified atom stereocenters. The summed E-state index contributed by atoms with van der Waals surface area (Å²) in [4.78, 5) is 12.1. The van der Waals surface area contributed by atoms with Gasteiger partial charge in [0.2, 0.25) is 0 Å². The van der Waals surface area contributed by atoms with Gasteiger partial charge < -0.3 is 4.90 Å². The molecule has 0 saturated heterocycles. The summed E-state index contributed by atoms with van der Waals surface area (Å²) in [6, 6.07) is 6.61. The first-order chi connectivity index (χ1) is 13.7. The molecule has 0 amide bonds. The SMILES string of the molecule is C/C=C\C/C=C\CCN1CCc2nc(Cc3ccc(F)cc3)nc(C)c2CC1. The number of aryl methyl sites for hydroxylation is 1. The van der Waals surface area contributed by atoms with Gasteiger partial charge in [0.05, 0.1) is 0 Å². The second-order valence-electron chi connectivity index (χ2n) is 7.36. The van der Waals surface area contributed by atoms with E-state index in [0.717, 1.165) is 62.4 Å². The molecule has 1 aliphatic heterocycles. The average molecular weight is 380 g/mol. The zero-order valence-corrected chi connectivity index (χ0v) is 17.0. The molecule has 0 atom stereocenters. The van der Waals surface area contributed by atoms with Gasteiger partial charge >= 0.3 is 0 Å². The molecule has 148 valence electrons. The van der Waals surface area contributed by atoms with Gasteiger partial charge in [-0.3, -0.25) is 0 Å². The molecule has 3 rings (SSSR count). The van der Waals surface area contributed by atoms with Crippen molar-refractivity contribution in [3.63, 3.8) is 0 Å². The largest absolute Gasteiger partial charge is 0.302 e. The molecule has 3 nitrogen and oxygen atoms in total. The number of allylic oxidation sites excluding steroid dienone is 3. The van der Waals surface area contributed by atoms with Gasteiger partial charge in [-0.25, -0.2) is 14.4 Å². The normalized spacial score (nSPS) is 15.2. The van der Waals surface area contributed by atoms with Crippen molar-refractivity contribution in [1.82, 2.24) is 14.9 Å². The van der Waals surface area contributed by atoms with Crippen LogP contribution < -0.4 is 0 Å². The third-order valence-corrected chi connectivity index (χ3v) is 5.25. The van der Waals surface area contributed by atoms with Gasteiger partial charge in [-0.2, -0.15) is 0 Å². The van der Waals surface area contributed by atoms with Gasteiger partial charge in [0, 0.05) is 43.9 Å². The van der Waals surface area contributed by atoms with Gasteiger partial charge in [-0.1, -0.05) is 36.4 Å². The van der Waals surface area contributed by atoms with Crippen molar-refractivity contribution in [3.8, 4) is 0 Å². The van der Waals surface area contributed by atoms with Crippen LogP contribution in [-0.4, -0.2) is 34.5 Å². The molecule has 4 heteroatoms. The number of rotatable bonds is 7. The Morgan fingerprint density at radius 1 is 1.04 bits per heavy atom. The zero-order valence-electron chi connectivity index (χ0n) is 17.0. The predicted molar refractivity (Wildman–Crippen MR) is 113 cm³/mol. The van der Waals surface area contributed by atoms with Crippen molar-refractivity contribution in [2.75, 3.05) is 19.6 Å². The summed E-state index contributed by atoms with van der Waals surface area (Å²) >= 11 is 0.